The molecule has 0 bridgehead atoms. The Labute approximate surface area is 61.4 Å². The van der Waals surface area contributed by atoms with Crippen LogP contribution in [0.1, 0.15) is 6.92 Å². The van der Waals surface area contributed by atoms with Crippen molar-refractivity contribution in [2.45, 2.75) is 19.3 Å². The Bertz CT molecular complexity index is 189. The monoisotopic (exact) mass is 168 g/mol. The summed E-state index contributed by atoms with van der Waals surface area (Å²) in [6.07, 6.45) is -6.20. The predicted molar refractivity (Wildman–Crippen MR) is 31.8 cm³/mol. The van der Waals surface area contributed by atoms with Gasteiger partial charge in [-0.1, -0.05) is 0 Å². The Morgan fingerprint density at radius 2 is 2.09 bits per heavy atom. The zero-order valence-electron chi connectivity index (χ0n) is 6.01. The van der Waals surface area contributed by atoms with Crippen molar-refractivity contribution in [1.82, 2.24) is 5.06 Å². The van der Waals surface area contributed by atoms with Crippen molar-refractivity contribution < 1.29 is 18.0 Å². The number of hydroxylamine groups is 2. The second kappa shape index (κ2) is 2.37. The molecule has 0 N–H and O–H groups in total. The second-order valence-corrected chi connectivity index (χ2v) is 2.20. The van der Waals surface area contributed by atoms with Gasteiger partial charge < -0.3 is 4.84 Å². The molecule has 0 fully saturated rings. The van der Waals surface area contributed by atoms with Crippen LogP contribution in [-0.4, -0.2) is 30.4 Å². The topological polar surface area (TPSA) is 24.8 Å². The number of nitrogens with zero attached hydrogens (tertiary/aromatic N) is 2. The lowest BCUT2D eigenvalue weighted by molar-refractivity contribution is -0.219. The van der Waals surface area contributed by atoms with Crippen LogP contribution in [0, 0.1) is 0 Å². The van der Waals surface area contributed by atoms with E-state index in [0.717, 1.165) is 0 Å². The van der Waals surface area contributed by atoms with Crippen molar-refractivity contribution in [3.63, 3.8) is 0 Å². The highest BCUT2D eigenvalue weighted by Gasteiger charge is 2.46. The average Bonchev–Trinajstić information content (AvgIpc) is 2.08. The van der Waals surface area contributed by atoms with Crippen molar-refractivity contribution in [1.29, 1.82) is 0 Å². The van der Waals surface area contributed by atoms with Crippen molar-refractivity contribution in [3.8, 4) is 0 Å². The Morgan fingerprint density at radius 1 is 1.55 bits per heavy atom. The molecule has 11 heavy (non-hydrogen) atoms. The summed E-state index contributed by atoms with van der Waals surface area (Å²) in [6.45, 7) is 1.38. The summed E-state index contributed by atoms with van der Waals surface area (Å²) >= 11 is 0. The average molecular weight is 168 g/mol. The summed E-state index contributed by atoms with van der Waals surface area (Å²) in [5, 5.41) is 0.676. The first kappa shape index (κ1) is 8.32. The van der Waals surface area contributed by atoms with E-state index in [1.807, 2.05) is 0 Å². The predicted octanol–water partition coefficient (Wildman–Crippen LogP) is 1.17. The molecule has 1 aliphatic heterocycles. The van der Waals surface area contributed by atoms with Crippen LogP contribution < -0.4 is 0 Å². The van der Waals surface area contributed by atoms with Crippen LogP contribution in [0.2, 0.25) is 0 Å². The minimum absolute atomic E-state index is 0.0369. The number of hydrogen-bond acceptors (Lipinski definition) is 3. The van der Waals surface area contributed by atoms with Crippen molar-refractivity contribution in [2.24, 2.45) is 4.99 Å². The zero-order chi connectivity index (χ0) is 8.65. The van der Waals surface area contributed by atoms with Crippen LogP contribution in [0.3, 0.4) is 0 Å². The van der Waals surface area contributed by atoms with Crippen LogP contribution >= 0.6 is 0 Å². The van der Waals surface area contributed by atoms with Crippen molar-refractivity contribution in [3.05, 3.63) is 0 Å². The van der Waals surface area contributed by atoms with Gasteiger partial charge in [-0.2, -0.15) is 13.2 Å². The molecular formula is C5H7F3N2O. The third-order valence-corrected chi connectivity index (χ3v) is 1.22. The molecule has 1 unspecified atom stereocenters. The molecule has 0 saturated carbocycles. The highest BCUT2D eigenvalue weighted by Crippen LogP contribution is 2.28. The minimum Gasteiger partial charge on any atom is -0.389 e. The molecule has 0 amide bonds. The maximum Gasteiger partial charge on any atom is 0.427 e. The fraction of sp³-hybridized carbons (Fsp3) is 0.800. The largest absolute Gasteiger partial charge is 0.427 e. The summed E-state index contributed by atoms with van der Waals surface area (Å²) in [7, 11) is 1.19. The van der Waals surface area contributed by atoms with Gasteiger partial charge in [0.15, 0.2) is 0 Å². The molecule has 3 nitrogen and oxygen atoms in total. The van der Waals surface area contributed by atoms with E-state index in [4.69, 9.17) is 0 Å². The number of halogens is 3. The lowest BCUT2D eigenvalue weighted by Crippen LogP contribution is -2.37. The SMILES string of the molecule is CC1=NC(C(F)(F)F)N(C)O1. The van der Waals surface area contributed by atoms with Crippen molar-refractivity contribution >= 4 is 5.90 Å². The molecule has 0 saturated heterocycles. The molecule has 1 rings (SSSR count). The van der Waals surface area contributed by atoms with E-state index in [1.165, 1.54) is 14.0 Å². The quantitative estimate of drug-likeness (QED) is 0.542. The van der Waals surface area contributed by atoms with E-state index in [0.29, 0.717) is 5.06 Å². The highest BCUT2D eigenvalue weighted by molar-refractivity contribution is 5.74. The number of aliphatic imine (C=N–C) groups is 1. The van der Waals surface area contributed by atoms with E-state index in [1.54, 1.807) is 0 Å². The summed E-state index contributed by atoms with van der Waals surface area (Å²) in [6, 6.07) is 0. The molecule has 1 aliphatic rings. The first-order valence-electron chi connectivity index (χ1n) is 2.93. The lowest BCUT2D eigenvalue weighted by atomic mass is 10.5. The summed E-state index contributed by atoms with van der Waals surface area (Å²) in [5.41, 5.74) is 0. The minimum atomic E-state index is -4.35. The van der Waals surface area contributed by atoms with E-state index in [-0.39, 0.29) is 5.90 Å². The van der Waals surface area contributed by atoms with E-state index in [9.17, 15) is 13.2 Å². The Balaban J connectivity index is 2.74. The zero-order valence-corrected chi connectivity index (χ0v) is 6.01. The molecule has 0 aromatic heterocycles. The molecule has 6 heteroatoms. The number of rotatable bonds is 0. The third kappa shape index (κ3) is 1.62. The van der Waals surface area contributed by atoms with Crippen LogP contribution in [0.25, 0.3) is 0 Å². The van der Waals surface area contributed by atoms with Crippen LogP contribution in [-0.2, 0) is 4.84 Å². The molecule has 64 valence electrons. The van der Waals surface area contributed by atoms with Gasteiger partial charge in [-0.25, -0.2) is 4.99 Å². The van der Waals surface area contributed by atoms with Gasteiger partial charge in [0.25, 0.3) is 0 Å². The van der Waals surface area contributed by atoms with Gasteiger partial charge in [0.05, 0.1) is 0 Å². The summed E-state index contributed by atoms with van der Waals surface area (Å²) < 4.78 is 35.9. The smallest absolute Gasteiger partial charge is 0.389 e. The van der Waals surface area contributed by atoms with Gasteiger partial charge >= 0.3 is 6.18 Å². The lowest BCUT2D eigenvalue weighted by Gasteiger charge is -2.17. The molecule has 0 aromatic rings. The van der Waals surface area contributed by atoms with Gasteiger partial charge in [0.2, 0.25) is 12.1 Å². The molecular weight excluding hydrogens is 161 g/mol. The molecule has 0 aliphatic carbocycles. The highest BCUT2D eigenvalue weighted by atomic mass is 19.4. The van der Waals surface area contributed by atoms with Gasteiger partial charge in [-0.15, -0.1) is 5.06 Å². The Kier molecular flexibility index (Phi) is 1.79. The molecule has 0 spiro atoms. The first-order valence-corrected chi connectivity index (χ1v) is 2.93. The fourth-order valence-corrected chi connectivity index (χ4v) is 0.815. The van der Waals surface area contributed by atoms with Crippen LogP contribution in [0.5, 0.6) is 0 Å². The first-order chi connectivity index (χ1) is 4.91. The standard InChI is InChI=1S/C5H7F3N2O/c1-3-9-4(5(6,7)8)10(2)11-3/h4H,1-2H3. The fourth-order valence-electron chi connectivity index (χ4n) is 0.815. The van der Waals surface area contributed by atoms with E-state index < -0.39 is 12.3 Å². The normalized spacial score (nSPS) is 26.6. The van der Waals surface area contributed by atoms with E-state index >= 15 is 0 Å². The molecule has 0 radical (unpaired) electrons. The van der Waals surface area contributed by atoms with Gasteiger partial charge in [-0.05, 0) is 0 Å². The molecule has 1 heterocycles. The van der Waals surface area contributed by atoms with Crippen molar-refractivity contribution in [2.75, 3.05) is 7.05 Å². The van der Waals surface area contributed by atoms with Gasteiger partial charge in [-0.3, -0.25) is 0 Å². The molecule has 1 atom stereocenters. The third-order valence-electron chi connectivity index (χ3n) is 1.22. The van der Waals surface area contributed by atoms with Gasteiger partial charge in [0, 0.05) is 14.0 Å². The molecule has 0 aromatic carbocycles. The summed E-state index contributed by atoms with van der Waals surface area (Å²) in [5.74, 6) is 0.0369. The Morgan fingerprint density at radius 3 is 2.27 bits per heavy atom. The number of alkyl halides is 3. The van der Waals surface area contributed by atoms with Crippen LogP contribution in [0.4, 0.5) is 13.2 Å². The van der Waals surface area contributed by atoms with Gasteiger partial charge in [0.1, 0.15) is 0 Å². The summed E-state index contributed by atoms with van der Waals surface area (Å²) in [4.78, 5) is 7.80. The maximum atomic E-state index is 12.0. The number of hydrogen-bond donors (Lipinski definition) is 0. The maximum absolute atomic E-state index is 12.0. The van der Waals surface area contributed by atoms with Crippen LogP contribution in [0.15, 0.2) is 4.99 Å². The Hall–Kier alpha value is -0.780. The second-order valence-electron chi connectivity index (χ2n) is 2.20. The van der Waals surface area contributed by atoms with E-state index in [2.05, 4.69) is 9.83 Å².